The van der Waals surface area contributed by atoms with Gasteiger partial charge >= 0.3 is 6.36 Å². The Balaban J connectivity index is 1.44. The van der Waals surface area contributed by atoms with Crippen LogP contribution in [0.3, 0.4) is 0 Å². The number of nitrogens with zero attached hydrogens (tertiary/aromatic N) is 1. The van der Waals surface area contributed by atoms with Crippen molar-refractivity contribution in [2.45, 2.75) is 25.1 Å². The summed E-state index contributed by atoms with van der Waals surface area (Å²) in [6, 6.07) is 6.06. The van der Waals surface area contributed by atoms with Crippen molar-refractivity contribution in [3.63, 3.8) is 0 Å². The van der Waals surface area contributed by atoms with E-state index < -0.39 is 6.36 Å². The Kier molecular flexibility index (Phi) is 6.03. The van der Waals surface area contributed by atoms with Gasteiger partial charge in [0.2, 0.25) is 5.91 Å². The molecule has 1 saturated carbocycles. The highest BCUT2D eigenvalue weighted by atomic mass is 19.4. The monoisotopic (exact) mass is 371 g/mol. The zero-order valence-corrected chi connectivity index (χ0v) is 14.5. The Morgan fingerprint density at radius 2 is 2.00 bits per heavy atom. The largest absolute Gasteiger partial charge is 0.573 e. The van der Waals surface area contributed by atoms with Crippen LogP contribution in [-0.2, 0) is 4.79 Å². The van der Waals surface area contributed by atoms with Gasteiger partial charge in [-0.1, -0.05) is 18.2 Å². The highest BCUT2D eigenvalue weighted by Gasteiger charge is 2.46. The lowest BCUT2D eigenvalue weighted by molar-refractivity contribution is -0.274. The molecular formula is C18H24F3N3O2. The molecule has 2 unspecified atom stereocenters. The Bertz CT molecular complexity index is 618. The molecule has 1 aromatic rings. The van der Waals surface area contributed by atoms with E-state index in [1.54, 1.807) is 12.1 Å². The predicted molar refractivity (Wildman–Crippen MR) is 90.9 cm³/mol. The number of benzene rings is 1. The van der Waals surface area contributed by atoms with Gasteiger partial charge in [0, 0.05) is 38.6 Å². The number of carbonyl (C=O) groups excluding carboxylic acids is 1. The number of halogens is 3. The van der Waals surface area contributed by atoms with Crippen LogP contribution in [0.4, 0.5) is 13.2 Å². The zero-order chi connectivity index (χ0) is 18.6. The van der Waals surface area contributed by atoms with Crippen molar-refractivity contribution in [1.82, 2.24) is 15.5 Å². The van der Waals surface area contributed by atoms with Gasteiger partial charge in [-0.3, -0.25) is 4.79 Å². The Hall–Kier alpha value is -1.80. The van der Waals surface area contributed by atoms with Crippen LogP contribution < -0.4 is 15.4 Å². The van der Waals surface area contributed by atoms with E-state index in [1.165, 1.54) is 12.1 Å². The third-order valence-electron chi connectivity index (χ3n) is 4.83. The summed E-state index contributed by atoms with van der Waals surface area (Å²) in [6.45, 7) is 5.57. The number of carbonyl (C=O) groups is 1. The highest BCUT2D eigenvalue weighted by molar-refractivity contribution is 5.83. The zero-order valence-electron chi connectivity index (χ0n) is 14.5. The van der Waals surface area contributed by atoms with Gasteiger partial charge in [-0.25, -0.2) is 0 Å². The summed E-state index contributed by atoms with van der Waals surface area (Å²) in [5.41, 5.74) is 0.450. The lowest BCUT2D eigenvalue weighted by Gasteiger charge is -2.27. The van der Waals surface area contributed by atoms with Crippen LogP contribution >= 0.6 is 0 Å². The quantitative estimate of drug-likeness (QED) is 0.721. The standard InChI is InChI=1S/C18H24F3N3O2/c19-18(20,21)26-16-5-2-1-4-13(16)14-12-15(14)17(25)23-6-3-9-24-10-7-22-8-11-24/h1-2,4-5,14-15,22H,3,6-12H2,(H,23,25). The minimum absolute atomic E-state index is 0.0860. The third-order valence-corrected chi connectivity index (χ3v) is 4.83. The molecule has 2 atom stereocenters. The second-order valence-corrected chi connectivity index (χ2v) is 6.77. The summed E-state index contributed by atoms with van der Waals surface area (Å²) in [7, 11) is 0. The molecule has 0 spiro atoms. The van der Waals surface area contributed by atoms with Crippen molar-refractivity contribution < 1.29 is 22.7 Å². The number of amides is 1. The van der Waals surface area contributed by atoms with Gasteiger partial charge in [-0.2, -0.15) is 0 Å². The van der Waals surface area contributed by atoms with Gasteiger partial charge in [-0.05, 0) is 36.9 Å². The SMILES string of the molecule is O=C(NCCCN1CCNCC1)C1CC1c1ccccc1OC(F)(F)F. The molecule has 26 heavy (non-hydrogen) atoms. The van der Waals surface area contributed by atoms with Crippen LogP contribution in [0.1, 0.15) is 24.3 Å². The number of nitrogens with one attached hydrogen (secondary N) is 2. The number of piperazine rings is 1. The first-order valence-electron chi connectivity index (χ1n) is 8.99. The summed E-state index contributed by atoms with van der Waals surface area (Å²) in [5, 5.41) is 6.20. The molecule has 5 nitrogen and oxygen atoms in total. The average Bonchev–Trinajstić information content (AvgIpc) is 3.39. The van der Waals surface area contributed by atoms with Crippen LogP contribution in [0.25, 0.3) is 0 Å². The summed E-state index contributed by atoms with van der Waals surface area (Å²) in [6.07, 6.45) is -3.30. The van der Waals surface area contributed by atoms with Gasteiger partial charge in [0.15, 0.2) is 0 Å². The molecule has 3 rings (SSSR count). The topological polar surface area (TPSA) is 53.6 Å². The molecule has 2 N–H and O–H groups in total. The van der Waals surface area contributed by atoms with Crippen LogP contribution in [0.15, 0.2) is 24.3 Å². The summed E-state index contributed by atoms with van der Waals surface area (Å²) < 4.78 is 41.6. The number of hydrogen-bond acceptors (Lipinski definition) is 4. The van der Waals surface area contributed by atoms with E-state index in [-0.39, 0.29) is 23.5 Å². The molecule has 1 saturated heterocycles. The molecule has 1 heterocycles. The summed E-state index contributed by atoms with van der Waals surface area (Å²) in [4.78, 5) is 14.6. The van der Waals surface area contributed by atoms with Crippen molar-refractivity contribution >= 4 is 5.91 Å². The normalized spacial score (nSPS) is 23.5. The molecule has 144 valence electrons. The maximum Gasteiger partial charge on any atom is 0.573 e. The minimum Gasteiger partial charge on any atom is -0.405 e. The number of para-hydroxylation sites is 1. The smallest absolute Gasteiger partial charge is 0.405 e. The van der Waals surface area contributed by atoms with Gasteiger partial charge in [0.05, 0.1) is 0 Å². The number of alkyl halides is 3. The van der Waals surface area contributed by atoms with Crippen LogP contribution in [-0.4, -0.2) is 56.4 Å². The summed E-state index contributed by atoms with van der Waals surface area (Å²) in [5.74, 6) is -0.773. The fourth-order valence-corrected chi connectivity index (χ4v) is 3.41. The fraction of sp³-hybridized carbons (Fsp3) is 0.611. The second-order valence-electron chi connectivity index (χ2n) is 6.77. The average molecular weight is 371 g/mol. The van der Waals surface area contributed by atoms with Crippen molar-refractivity contribution in [2.24, 2.45) is 5.92 Å². The Morgan fingerprint density at radius 3 is 2.73 bits per heavy atom. The van der Waals surface area contributed by atoms with Crippen molar-refractivity contribution in [3.05, 3.63) is 29.8 Å². The Labute approximate surface area is 150 Å². The van der Waals surface area contributed by atoms with Crippen LogP contribution in [0.5, 0.6) is 5.75 Å². The van der Waals surface area contributed by atoms with Crippen LogP contribution in [0, 0.1) is 5.92 Å². The molecular weight excluding hydrogens is 347 g/mol. The number of rotatable bonds is 7. The lowest BCUT2D eigenvalue weighted by atomic mass is 10.1. The fourth-order valence-electron chi connectivity index (χ4n) is 3.41. The van der Waals surface area contributed by atoms with E-state index in [0.29, 0.717) is 18.5 Å². The first-order chi connectivity index (χ1) is 12.4. The van der Waals surface area contributed by atoms with E-state index in [2.05, 4.69) is 20.3 Å². The molecule has 0 bridgehead atoms. The highest BCUT2D eigenvalue weighted by Crippen LogP contribution is 2.50. The Morgan fingerprint density at radius 1 is 1.27 bits per heavy atom. The van der Waals surface area contributed by atoms with Crippen molar-refractivity contribution in [1.29, 1.82) is 0 Å². The van der Waals surface area contributed by atoms with Crippen molar-refractivity contribution in [2.75, 3.05) is 39.3 Å². The van der Waals surface area contributed by atoms with E-state index in [4.69, 9.17) is 0 Å². The number of hydrogen-bond donors (Lipinski definition) is 2. The van der Waals surface area contributed by atoms with Crippen LogP contribution in [0.2, 0.25) is 0 Å². The third kappa shape index (κ3) is 5.35. The first kappa shape index (κ1) is 19.0. The maximum absolute atomic E-state index is 12.5. The summed E-state index contributed by atoms with van der Waals surface area (Å²) >= 11 is 0. The maximum atomic E-state index is 12.5. The molecule has 1 amide bonds. The van der Waals surface area contributed by atoms with E-state index in [1.807, 2.05) is 0 Å². The molecule has 0 radical (unpaired) electrons. The molecule has 1 aliphatic carbocycles. The minimum atomic E-state index is -4.73. The van der Waals surface area contributed by atoms with E-state index in [9.17, 15) is 18.0 Å². The second kappa shape index (κ2) is 8.26. The molecule has 1 aromatic carbocycles. The molecule has 1 aliphatic heterocycles. The van der Waals surface area contributed by atoms with Crippen molar-refractivity contribution in [3.8, 4) is 5.75 Å². The number of ether oxygens (including phenoxy) is 1. The molecule has 0 aromatic heterocycles. The van der Waals surface area contributed by atoms with Gasteiger partial charge in [0.1, 0.15) is 5.75 Å². The van der Waals surface area contributed by atoms with Gasteiger partial charge in [-0.15, -0.1) is 13.2 Å². The molecule has 2 fully saturated rings. The molecule has 2 aliphatic rings. The predicted octanol–water partition coefficient (Wildman–Crippen LogP) is 2.10. The van der Waals surface area contributed by atoms with Gasteiger partial charge < -0.3 is 20.3 Å². The van der Waals surface area contributed by atoms with Gasteiger partial charge in [0.25, 0.3) is 0 Å². The lowest BCUT2D eigenvalue weighted by Crippen LogP contribution is -2.44. The first-order valence-corrected chi connectivity index (χ1v) is 8.99. The van der Waals surface area contributed by atoms with E-state index >= 15 is 0 Å². The van der Waals surface area contributed by atoms with E-state index in [0.717, 1.165) is 39.1 Å². The molecule has 8 heteroatoms.